The fourth-order valence-corrected chi connectivity index (χ4v) is 3.55. The average molecular weight is 444 g/mol. The number of amides is 1. The number of carbonyl (C=O) groups is 1. The van der Waals surface area contributed by atoms with Gasteiger partial charge in [-0.15, -0.1) is 16.8 Å². The molecule has 0 bridgehead atoms. The fourth-order valence-electron chi connectivity index (χ4n) is 2.21. The number of halogens is 3. The highest BCUT2D eigenvalue weighted by molar-refractivity contribution is 7.99. The summed E-state index contributed by atoms with van der Waals surface area (Å²) in [7, 11) is 0. The van der Waals surface area contributed by atoms with E-state index in [0.717, 1.165) is 0 Å². The van der Waals surface area contributed by atoms with E-state index in [1.165, 1.54) is 23.9 Å². The van der Waals surface area contributed by atoms with E-state index in [4.69, 9.17) is 39.2 Å². The number of anilines is 1. The number of carbonyl (C=O) groups excluding carboxylic acids is 1. The van der Waals surface area contributed by atoms with Gasteiger partial charge in [0.25, 0.3) is 0 Å². The number of hydrogen-bond acceptors (Lipinski definition) is 5. The predicted molar refractivity (Wildman–Crippen MR) is 109 cm³/mol. The smallest absolute Gasteiger partial charge is 0.234 e. The molecule has 1 amide bonds. The second-order valence-electron chi connectivity index (χ2n) is 5.27. The molecule has 0 aliphatic carbocycles. The van der Waals surface area contributed by atoms with E-state index in [1.54, 1.807) is 24.5 Å². The lowest BCUT2D eigenvalue weighted by Gasteiger charge is -2.09. The topological polar surface area (TPSA) is 73.0 Å². The van der Waals surface area contributed by atoms with Crippen molar-refractivity contribution in [2.45, 2.75) is 11.7 Å². The van der Waals surface area contributed by atoms with Crippen LogP contribution < -0.4 is 5.32 Å². The average Bonchev–Trinajstić information content (AvgIpc) is 3.28. The third kappa shape index (κ3) is 4.68. The molecule has 0 radical (unpaired) electrons. The predicted octanol–water partition coefficient (Wildman–Crippen LogP) is 5.42. The first kappa shape index (κ1) is 19.8. The molecule has 0 aliphatic heterocycles. The highest BCUT2D eigenvalue weighted by Crippen LogP contribution is 2.32. The van der Waals surface area contributed by atoms with Crippen LogP contribution in [0.15, 0.2) is 52.8 Å². The molecule has 10 heteroatoms. The summed E-state index contributed by atoms with van der Waals surface area (Å²) >= 11 is 19.2. The Kier molecular flexibility index (Phi) is 6.49. The van der Waals surface area contributed by atoms with E-state index in [2.05, 4.69) is 22.1 Å². The van der Waals surface area contributed by atoms with Crippen molar-refractivity contribution in [1.29, 1.82) is 0 Å². The van der Waals surface area contributed by atoms with Crippen LogP contribution in [0.25, 0.3) is 11.6 Å². The first-order valence-corrected chi connectivity index (χ1v) is 9.76. The molecule has 0 spiro atoms. The molecule has 0 saturated heterocycles. The number of nitrogens with one attached hydrogen (secondary N) is 1. The van der Waals surface area contributed by atoms with Crippen molar-refractivity contribution in [3.8, 4) is 11.6 Å². The summed E-state index contributed by atoms with van der Waals surface area (Å²) in [5, 5.41) is 12.5. The number of thioether (sulfide) groups is 1. The fraction of sp³-hybridized carbons (Fsp3) is 0.118. The van der Waals surface area contributed by atoms with Gasteiger partial charge in [0.05, 0.1) is 32.8 Å². The van der Waals surface area contributed by atoms with Crippen LogP contribution in [0.5, 0.6) is 0 Å². The van der Waals surface area contributed by atoms with E-state index in [1.807, 2.05) is 4.57 Å². The zero-order valence-electron chi connectivity index (χ0n) is 13.8. The van der Waals surface area contributed by atoms with Gasteiger partial charge in [0.15, 0.2) is 10.9 Å². The van der Waals surface area contributed by atoms with Crippen LogP contribution in [-0.2, 0) is 11.3 Å². The molecule has 2 heterocycles. The highest BCUT2D eigenvalue weighted by atomic mass is 35.5. The number of nitrogens with zero attached hydrogens (tertiary/aromatic N) is 3. The molecule has 1 aromatic carbocycles. The lowest BCUT2D eigenvalue weighted by Crippen LogP contribution is -2.15. The quantitative estimate of drug-likeness (QED) is 0.300. The Bertz CT molecular complexity index is 973. The van der Waals surface area contributed by atoms with Crippen molar-refractivity contribution in [1.82, 2.24) is 14.8 Å². The Morgan fingerprint density at radius 1 is 1.26 bits per heavy atom. The maximum atomic E-state index is 12.3. The Morgan fingerprint density at radius 3 is 2.74 bits per heavy atom. The summed E-state index contributed by atoms with van der Waals surface area (Å²) in [5.41, 5.74) is 0.389. The maximum Gasteiger partial charge on any atom is 0.234 e. The Balaban J connectivity index is 1.70. The summed E-state index contributed by atoms with van der Waals surface area (Å²) in [6.45, 7) is 4.22. The molecule has 0 atom stereocenters. The molecule has 3 aromatic rings. The van der Waals surface area contributed by atoms with Gasteiger partial charge in [0.2, 0.25) is 11.7 Å². The van der Waals surface area contributed by atoms with Gasteiger partial charge in [-0.3, -0.25) is 9.36 Å². The Labute approximate surface area is 174 Å². The van der Waals surface area contributed by atoms with Crippen LogP contribution in [0.3, 0.4) is 0 Å². The van der Waals surface area contributed by atoms with Crippen LogP contribution >= 0.6 is 46.6 Å². The molecule has 0 aliphatic rings. The van der Waals surface area contributed by atoms with Crippen molar-refractivity contribution in [2.24, 2.45) is 0 Å². The molecule has 140 valence electrons. The molecule has 0 unspecified atom stereocenters. The minimum atomic E-state index is -0.270. The Morgan fingerprint density at radius 2 is 2.04 bits per heavy atom. The first-order chi connectivity index (χ1) is 13.0. The van der Waals surface area contributed by atoms with Gasteiger partial charge in [0, 0.05) is 6.54 Å². The number of aromatic nitrogens is 3. The lowest BCUT2D eigenvalue weighted by atomic mass is 10.3. The highest BCUT2D eigenvalue weighted by Gasteiger charge is 2.17. The zero-order valence-corrected chi connectivity index (χ0v) is 16.9. The van der Waals surface area contributed by atoms with Crippen molar-refractivity contribution >= 4 is 58.2 Å². The van der Waals surface area contributed by atoms with Gasteiger partial charge < -0.3 is 9.73 Å². The van der Waals surface area contributed by atoms with Crippen molar-refractivity contribution < 1.29 is 9.21 Å². The third-order valence-corrected chi connectivity index (χ3v) is 5.39. The van der Waals surface area contributed by atoms with Gasteiger partial charge in [-0.2, -0.15) is 0 Å². The molecule has 3 rings (SSSR count). The molecular weight excluding hydrogens is 431 g/mol. The normalized spacial score (nSPS) is 10.8. The van der Waals surface area contributed by atoms with E-state index < -0.39 is 0 Å². The molecule has 0 saturated carbocycles. The third-order valence-electron chi connectivity index (χ3n) is 3.39. The van der Waals surface area contributed by atoms with Crippen molar-refractivity contribution in [2.75, 3.05) is 11.1 Å². The minimum absolute atomic E-state index is 0.101. The van der Waals surface area contributed by atoms with Crippen LogP contribution in [0.2, 0.25) is 15.1 Å². The summed E-state index contributed by atoms with van der Waals surface area (Å²) in [5.74, 6) is 0.982. The first-order valence-electron chi connectivity index (χ1n) is 7.64. The van der Waals surface area contributed by atoms with Gasteiger partial charge in [-0.25, -0.2) is 0 Å². The second-order valence-corrected chi connectivity index (χ2v) is 7.43. The van der Waals surface area contributed by atoms with Crippen LogP contribution in [0, 0.1) is 0 Å². The van der Waals surface area contributed by atoms with Gasteiger partial charge in [-0.1, -0.05) is 52.6 Å². The van der Waals surface area contributed by atoms with Crippen molar-refractivity contribution in [3.05, 3.63) is 58.3 Å². The number of furan rings is 1. The van der Waals surface area contributed by atoms with Gasteiger partial charge >= 0.3 is 0 Å². The second kappa shape index (κ2) is 8.84. The number of benzene rings is 1. The monoisotopic (exact) mass is 442 g/mol. The molecular formula is C17H13Cl3N4O2S. The summed E-state index contributed by atoms with van der Waals surface area (Å²) in [6, 6.07) is 6.54. The van der Waals surface area contributed by atoms with Crippen LogP contribution in [0.4, 0.5) is 5.69 Å². The molecule has 6 nitrogen and oxygen atoms in total. The summed E-state index contributed by atoms with van der Waals surface area (Å²) < 4.78 is 7.19. The number of rotatable bonds is 7. The van der Waals surface area contributed by atoms with Crippen LogP contribution in [0.1, 0.15) is 0 Å². The maximum absolute atomic E-state index is 12.3. The number of allylic oxidation sites excluding steroid dienone is 1. The van der Waals surface area contributed by atoms with Crippen LogP contribution in [-0.4, -0.2) is 26.4 Å². The minimum Gasteiger partial charge on any atom is -0.461 e. The van der Waals surface area contributed by atoms with E-state index >= 15 is 0 Å². The van der Waals surface area contributed by atoms with E-state index in [0.29, 0.717) is 44.0 Å². The van der Waals surface area contributed by atoms with Gasteiger partial charge in [0.1, 0.15) is 0 Å². The SMILES string of the molecule is C=CCn1c(SCC(=O)Nc2cc(Cl)c(Cl)cc2Cl)nnc1-c1ccco1. The number of hydrogen-bond donors (Lipinski definition) is 1. The summed E-state index contributed by atoms with van der Waals surface area (Å²) in [4.78, 5) is 12.3. The molecule has 2 aromatic heterocycles. The van der Waals surface area contributed by atoms with E-state index in [9.17, 15) is 4.79 Å². The molecule has 1 N–H and O–H groups in total. The molecule has 27 heavy (non-hydrogen) atoms. The largest absolute Gasteiger partial charge is 0.461 e. The van der Waals surface area contributed by atoms with Gasteiger partial charge in [-0.05, 0) is 24.3 Å². The Hall–Kier alpha value is -1.93. The standard InChI is InChI=1S/C17H13Cl3N4O2S/c1-2-5-24-16(14-4-3-6-26-14)22-23-17(24)27-9-15(25)21-13-8-11(19)10(18)7-12(13)20/h2-4,6-8H,1,5,9H2,(H,21,25). The molecule has 0 fully saturated rings. The summed E-state index contributed by atoms with van der Waals surface area (Å²) in [6.07, 6.45) is 3.28. The van der Waals surface area contributed by atoms with E-state index in [-0.39, 0.29) is 11.7 Å². The lowest BCUT2D eigenvalue weighted by molar-refractivity contribution is -0.113. The van der Waals surface area contributed by atoms with Crippen molar-refractivity contribution in [3.63, 3.8) is 0 Å². The zero-order chi connectivity index (χ0) is 19.4.